The van der Waals surface area contributed by atoms with Crippen LogP contribution in [0.4, 0.5) is 0 Å². The number of hydrogen-bond acceptors (Lipinski definition) is 0. The summed E-state index contributed by atoms with van der Waals surface area (Å²) in [5.74, 6) is 0.369. The van der Waals surface area contributed by atoms with Gasteiger partial charge in [-0.25, -0.2) is 0 Å². The first-order valence-corrected chi connectivity index (χ1v) is 7.93. The van der Waals surface area contributed by atoms with E-state index in [1.807, 2.05) is 0 Å². The molecule has 108 valence electrons. The molecule has 0 aromatic heterocycles. The largest absolute Gasteiger partial charge is 0.0619 e. The molecule has 1 unspecified atom stereocenters. The van der Waals surface area contributed by atoms with Gasteiger partial charge in [0.2, 0.25) is 0 Å². The fraction of sp³-hybridized carbons (Fsp3) is 0.182. The van der Waals surface area contributed by atoms with Crippen LogP contribution in [0.2, 0.25) is 0 Å². The molecule has 0 amide bonds. The molecule has 0 bridgehead atoms. The predicted octanol–water partition coefficient (Wildman–Crippen LogP) is 5.77. The fourth-order valence-corrected chi connectivity index (χ4v) is 3.92. The van der Waals surface area contributed by atoms with Crippen LogP contribution in [0.15, 0.2) is 60.7 Å². The SMILES string of the molecule is Cc1ccc(C2c3ccccc3-c3cccc(C)c32)c(C)c1. The molecule has 3 aromatic carbocycles. The van der Waals surface area contributed by atoms with Gasteiger partial charge < -0.3 is 0 Å². The highest BCUT2D eigenvalue weighted by atomic mass is 14.3. The molecule has 0 heteroatoms. The van der Waals surface area contributed by atoms with Crippen molar-refractivity contribution in [2.75, 3.05) is 0 Å². The van der Waals surface area contributed by atoms with Crippen LogP contribution < -0.4 is 0 Å². The van der Waals surface area contributed by atoms with Gasteiger partial charge in [0.25, 0.3) is 0 Å². The molecule has 22 heavy (non-hydrogen) atoms. The van der Waals surface area contributed by atoms with Crippen LogP contribution in [0.25, 0.3) is 11.1 Å². The van der Waals surface area contributed by atoms with Gasteiger partial charge in [0.1, 0.15) is 0 Å². The zero-order valence-electron chi connectivity index (χ0n) is 13.4. The van der Waals surface area contributed by atoms with Crippen molar-refractivity contribution in [3.63, 3.8) is 0 Å². The second-order valence-corrected chi connectivity index (χ2v) is 6.42. The minimum absolute atomic E-state index is 0.369. The van der Waals surface area contributed by atoms with Gasteiger partial charge in [0.05, 0.1) is 0 Å². The molecule has 0 heterocycles. The summed E-state index contributed by atoms with van der Waals surface area (Å²) in [5, 5.41) is 0. The van der Waals surface area contributed by atoms with E-state index in [1.165, 1.54) is 44.5 Å². The summed E-state index contributed by atoms with van der Waals surface area (Å²) in [6.07, 6.45) is 0. The van der Waals surface area contributed by atoms with Crippen molar-refractivity contribution < 1.29 is 0 Å². The summed E-state index contributed by atoms with van der Waals surface area (Å²) < 4.78 is 0. The normalized spacial score (nSPS) is 15.5. The maximum Gasteiger partial charge on any atom is 0.0357 e. The lowest BCUT2D eigenvalue weighted by Gasteiger charge is -2.19. The van der Waals surface area contributed by atoms with Crippen molar-refractivity contribution >= 4 is 0 Å². The molecule has 0 spiro atoms. The highest BCUT2D eigenvalue weighted by Crippen LogP contribution is 2.49. The molecule has 0 saturated carbocycles. The zero-order valence-corrected chi connectivity index (χ0v) is 13.4. The Balaban J connectivity index is 2.04. The quantitative estimate of drug-likeness (QED) is 0.416. The monoisotopic (exact) mass is 284 g/mol. The molecule has 1 aliphatic rings. The average Bonchev–Trinajstić information content (AvgIpc) is 2.84. The number of benzene rings is 3. The maximum absolute atomic E-state index is 2.31. The van der Waals surface area contributed by atoms with Gasteiger partial charge in [0.15, 0.2) is 0 Å². The minimum Gasteiger partial charge on any atom is -0.0619 e. The standard InChI is InChI=1S/C22H20/c1-14-11-12-17(16(3)13-14)22-20-9-5-4-8-18(20)19-10-6-7-15(2)21(19)22/h4-13,22H,1-3H3. The van der Waals surface area contributed by atoms with Crippen molar-refractivity contribution in [1.29, 1.82) is 0 Å². The summed E-state index contributed by atoms with van der Waals surface area (Å²) in [5.41, 5.74) is 11.3. The molecule has 0 radical (unpaired) electrons. The number of aryl methyl sites for hydroxylation is 3. The molecule has 1 atom stereocenters. The van der Waals surface area contributed by atoms with E-state index in [-0.39, 0.29) is 0 Å². The Bertz CT molecular complexity index is 871. The van der Waals surface area contributed by atoms with E-state index < -0.39 is 0 Å². The van der Waals surface area contributed by atoms with E-state index in [1.54, 1.807) is 0 Å². The number of fused-ring (bicyclic) bond motifs is 3. The molecule has 0 saturated heterocycles. The first-order valence-electron chi connectivity index (χ1n) is 7.93. The molecular weight excluding hydrogens is 264 g/mol. The molecule has 3 aromatic rings. The molecular formula is C22H20. The predicted molar refractivity (Wildman–Crippen MR) is 93.5 cm³/mol. The molecule has 0 nitrogen and oxygen atoms in total. The fourth-order valence-electron chi connectivity index (χ4n) is 3.92. The van der Waals surface area contributed by atoms with Gasteiger partial charge in [-0.2, -0.15) is 0 Å². The highest BCUT2D eigenvalue weighted by Gasteiger charge is 2.31. The van der Waals surface area contributed by atoms with E-state index >= 15 is 0 Å². The van der Waals surface area contributed by atoms with Gasteiger partial charge in [-0.1, -0.05) is 66.2 Å². The van der Waals surface area contributed by atoms with Gasteiger partial charge in [-0.05, 0) is 59.7 Å². The van der Waals surface area contributed by atoms with E-state index in [0.29, 0.717) is 5.92 Å². The van der Waals surface area contributed by atoms with E-state index in [4.69, 9.17) is 0 Å². The van der Waals surface area contributed by atoms with Crippen LogP contribution in [0.3, 0.4) is 0 Å². The van der Waals surface area contributed by atoms with Crippen LogP contribution >= 0.6 is 0 Å². The Morgan fingerprint density at radius 3 is 2.23 bits per heavy atom. The Labute approximate surface area is 132 Å². The van der Waals surface area contributed by atoms with Crippen LogP contribution in [-0.2, 0) is 0 Å². The Morgan fingerprint density at radius 2 is 1.41 bits per heavy atom. The second-order valence-electron chi connectivity index (χ2n) is 6.42. The molecule has 0 N–H and O–H groups in total. The zero-order chi connectivity index (χ0) is 15.3. The minimum atomic E-state index is 0.369. The Morgan fingerprint density at radius 1 is 0.636 bits per heavy atom. The Hall–Kier alpha value is -2.34. The summed E-state index contributed by atoms with van der Waals surface area (Å²) in [6, 6.07) is 22.4. The van der Waals surface area contributed by atoms with Crippen LogP contribution in [0.5, 0.6) is 0 Å². The lowest BCUT2D eigenvalue weighted by atomic mass is 9.84. The summed E-state index contributed by atoms with van der Waals surface area (Å²) in [4.78, 5) is 0. The number of hydrogen-bond donors (Lipinski definition) is 0. The van der Waals surface area contributed by atoms with Gasteiger partial charge in [-0.3, -0.25) is 0 Å². The third-order valence-electron chi connectivity index (χ3n) is 4.91. The third kappa shape index (κ3) is 1.84. The summed E-state index contributed by atoms with van der Waals surface area (Å²) in [7, 11) is 0. The highest BCUT2D eigenvalue weighted by molar-refractivity contribution is 5.82. The molecule has 4 rings (SSSR count). The van der Waals surface area contributed by atoms with Crippen LogP contribution in [0, 0.1) is 20.8 Å². The molecule has 0 fully saturated rings. The van der Waals surface area contributed by atoms with Gasteiger partial charge in [0, 0.05) is 5.92 Å². The first kappa shape index (κ1) is 13.3. The van der Waals surface area contributed by atoms with E-state index in [0.717, 1.165) is 0 Å². The van der Waals surface area contributed by atoms with Crippen molar-refractivity contribution in [2.24, 2.45) is 0 Å². The van der Waals surface area contributed by atoms with Crippen molar-refractivity contribution in [3.05, 3.63) is 94.0 Å². The maximum atomic E-state index is 2.31. The summed E-state index contributed by atoms with van der Waals surface area (Å²) in [6.45, 7) is 6.64. The van der Waals surface area contributed by atoms with E-state index in [2.05, 4.69) is 81.4 Å². The van der Waals surface area contributed by atoms with Crippen LogP contribution in [-0.4, -0.2) is 0 Å². The van der Waals surface area contributed by atoms with Gasteiger partial charge >= 0.3 is 0 Å². The third-order valence-corrected chi connectivity index (χ3v) is 4.91. The topological polar surface area (TPSA) is 0 Å². The van der Waals surface area contributed by atoms with Crippen LogP contribution in [0.1, 0.15) is 39.3 Å². The lowest BCUT2D eigenvalue weighted by Crippen LogP contribution is -2.03. The van der Waals surface area contributed by atoms with Crippen molar-refractivity contribution in [3.8, 4) is 11.1 Å². The average molecular weight is 284 g/mol. The smallest absolute Gasteiger partial charge is 0.0357 e. The lowest BCUT2D eigenvalue weighted by molar-refractivity contribution is 0.981. The Kier molecular flexibility index (Phi) is 2.94. The molecule has 1 aliphatic carbocycles. The van der Waals surface area contributed by atoms with Crippen molar-refractivity contribution in [1.82, 2.24) is 0 Å². The molecule has 0 aliphatic heterocycles. The first-order chi connectivity index (χ1) is 10.7. The summed E-state index contributed by atoms with van der Waals surface area (Å²) >= 11 is 0. The van der Waals surface area contributed by atoms with Gasteiger partial charge in [-0.15, -0.1) is 0 Å². The van der Waals surface area contributed by atoms with E-state index in [9.17, 15) is 0 Å². The van der Waals surface area contributed by atoms with Crippen molar-refractivity contribution in [2.45, 2.75) is 26.7 Å². The second kappa shape index (κ2) is 4.84. The number of rotatable bonds is 1.